The largest absolute Gasteiger partial charge is 0.481 e. The summed E-state index contributed by atoms with van der Waals surface area (Å²) in [5, 5.41) is 8.70. The fraction of sp³-hybridized carbons (Fsp3) is 0.833. The van der Waals surface area contributed by atoms with Crippen LogP contribution >= 0.6 is 11.8 Å². The Morgan fingerprint density at radius 3 is 2.53 bits per heavy atom. The molecule has 1 heterocycles. The lowest BCUT2D eigenvalue weighted by molar-refractivity contribution is -0.138. The first-order chi connectivity index (χ1) is 8.13. The summed E-state index contributed by atoms with van der Waals surface area (Å²) >= 11 is 1.76. The molecule has 0 spiro atoms. The van der Waals surface area contributed by atoms with Gasteiger partial charge in [0.2, 0.25) is 5.91 Å². The van der Waals surface area contributed by atoms with Crippen molar-refractivity contribution in [1.82, 2.24) is 4.90 Å². The summed E-state index contributed by atoms with van der Waals surface area (Å²) < 4.78 is 0. The molecule has 1 aliphatic rings. The van der Waals surface area contributed by atoms with Gasteiger partial charge in [0.05, 0.1) is 0 Å². The molecule has 5 heteroatoms. The molecule has 0 aromatic rings. The molecule has 0 atom stereocenters. The minimum atomic E-state index is -0.727. The minimum absolute atomic E-state index is 0.229. The highest BCUT2D eigenvalue weighted by molar-refractivity contribution is 7.98. The molecule has 0 aromatic carbocycles. The molecule has 1 amide bonds. The predicted octanol–water partition coefficient (Wildman–Crippen LogP) is 1.84. The highest BCUT2D eigenvalue weighted by Gasteiger charge is 2.23. The van der Waals surface area contributed by atoms with Gasteiger partial charge in [-0.1, -0.05) is 0 Å². The molecule has 1 aliphatic heterocycles. The van der Waals surface area contributed by atoms with Crippen molar-refractivity contribution in [3.8, 4) is 0 Å². The van der Waals surface area contributed by atoms with Gasteiger partial charge in [0.15, 0.2) is 0 Å². The van der Waals surface area contributed by atoms with Crippen molar-refractivity contribution >= 4 is 23.6 Å². The first-order valence-electron chi connectivity index (χ1n) is 6.12. The number of thioether (sulfide) groups is 1. The molecule has 0 saturated carbocycles. The van der Waals surface area contributed by atoms with Gasteiger partial charge in [0.1, 0.15) is 0 Å². The lowest BCUT2D eigenvalue weighted by Crippen LogP contribution is -2.38. The van der Waals surface area contributed by atoms with Crippen LogP contribution < -0.4 is 0 Å². The van der Waals surface area contributed by atoms with E-state index in [4.69, 9.17) is 5.11 Å². The second kappa shape index (κ2) is 7.58. The molecule has 0 aromatic heterocycles. The molecule has 0 aliphatic carbocycles. The Labute approximate surface area is 107 Å². The summed E-state index contributed by atoms with van der Waals surface area (Å²) in [7, 11) is 0. The van der Waals surface area contributed by atoms with Crippen LogP contribution in [-0.2, 0) is 9.59 Å². The Morgan fingerprint density at radius 1 is 1.35 bits per heavy atom. The molecular formula is C12H21NO3S. The van der Waals surface area contributed by atoms with Gasteiger partial charge in [0.25, 0.3) is 0 Å². The van der Waals surface area contributed by atoms with E-state index in [1.807, 2.05) is 11.2 Å². The van der Waals surface area contributed by atoms with E-state index in [0.717, 1.165) is 38.1 Å². The van der Waals surface area contributed by atoms with E-state index < -0.39 is 5.97 Å². The van der Waals surface area contributed by atoms with Gasteiger partial charge >= 0.3 is 5.97 Å². The van der Waals surface area contributed by atoms with Gasteiger partial charge < -0.3 is 10.0 Å². The molecule has 0 radical (unpaired) electrons. The number of carboxylic acids is 1. The topological polar surface area (TPSA) is 57.6 Å². The quantitative estimate of drug-likeness (QED) is 0.740. The Balaban J connectivity index is 2.21. The lowest BCUT2D eigenvalue weighted by atomic mass is 9.93. The van der Waals surface area contributed by atoms with Gasteiger partial charge in [-0.2, -0.15) is 11.8 Å². The number of hydrogen-bond donors (Lipinski definition) is 1. The number of rotatable bonds is 6. The SMILES string of the molecule is CSCCCC(=O)N1CCC(CC(=O)O)CC1. The second-order valence-corrected chi connectivity index (χ2v) is 5.50. The summed E-state index contributed by atoms with van der Waals surface area (Å²) in [6, 6.07) is 0. The van der Waals surface area contributed by atoms with E-state index in [9.17, 15) is 9.59 Å². The Morgan fingerprint density at radius 2 is 2.00 bits per heavy atom. The van der Waals surface area contributed by atoms with E-state index in [0.29, 0.717) is 6.42 Å². The van der Waals surface area contributed by atoms with Gasteiger partial charge in [-0.25, -0.2) is 0 Å². The van der Waals surface area contributed by atoms with Crippen LogP contribution in [0.15, 0.2) is 0 Å². The average Bonchev–Trinajstić information content (AvgIpc) is 2.29. The maximum Gasteiger partial charge on any atom is 0.303 e. The van der Waals surface area contributed by atoms with E-state index in [1.165, 1.54) is 0 Å². The maximum atomic E-state index is 11.8. The third-order valence-electron chi connectivity index (χ3n) is 3.17. The number of carboxylic acid groups (broad SMARTS) is 1. The number of carbonyl (C=O) groups excluding carboxylic acids is 1. The van der Waals surface area contributed by atoms with E-state index in [1.54, 1.807) is 11.8 Å². The van der Waals surface area contributed by atoms with E-state index >= 15 is 0 Å². The van der Waals surface area contributed by atoms with Gasteiger partial charge in [0, 0.05) is 25.9 Å². The van der Waals surface area contributed by atoms with Crippen LogP contribution in [0.1, 0.15) is 32.1 Å². The van der Waals surface area contributed by atoms with Crippen molar-refractivity contribution in [1.29, 1.82) is 0 Å². The summed E-state index contributed by atoms with van der Waals surface area (Å²) in [5.41, 5.74) is 0. The van der Waals surface area contributed by atoms with E-state index in [-0.39, 0.29) is 18.2 Å². The summed E-state index contributed by atoms with van der Waals surface area (Å²) in [5.74, 6) is 0.784. The molecule has 0 unspecified atom stereocenters. The van der Waals surface area contributed by atoms with Crippen molar-refractivity contribution in [3.63, 3.8) is 0 Å². The number of carbonyl (C=O) groups is 2. The first kappa shape index (κ1) is 14.4. The number of amides is 1. The third kappa shape index (κ3) is 5.44. The molecule has 0 bridgehead atoms. The molecule has 1 rings (SSSR count). The van der Waals surface area contributed by atoms with Crippen LogP contribution in [0.2, 0.25) is 0 Å². The molecule has 4 nitrogen and oxygen atoms in total. The molecule has 98 valence electrons. The molecule has 1 saturated heterocycles. The summed E-state index contributed by atoms with van der Waals surface area (Å²) in [6.07, 6.45) is 5.52. The molecular weight excluding hydrogens is 238 g/mol. The van der Waals surface area contributed by atoms with Gasteiger partial charge in [-0.3, -0.25) is 9.59 Å². The first-order valence-corrected chi connectivity index (χ1v) is 7.51. The second-order valence-electron chi connectivity index (χ2n) is 4.52. The Kier molecular flexibility index (Phi) is 6.40. The predicted molar refractivity (Wildman–Crippen MR) is 69.2 cm³/mol. The van der Waals surface area contributed by atoms with E-state index in [2.05, 4.69) is 0 Å². The average molecular weight is 259 g/mol. The standard InChI is InChI=1S/C12H21NO3S/c1-17-8-2-3-11(14)13-6-4-10(5-7-13)9-12(15)16/h10H,2-9H2,1H3,(H,15,16). The summed E-state index contributed by atoms with van der Waals surface area (Å²) in [6.45, 7) is 1.46. The monoisotopic (exact) mass is 259 g/mol. The fourth-order valence-corrected chi connectivity index (χ4v) is 2.59. The Bertz CT molecular complexity index is 262. The van der Waals surface area contributed by atoms with Crippen LogP contribution in [0.3, 0.4) is 0 Å². The zero-order chi connectivity index (χ0) is 12.7. The van der Waals surface area contributed by atoms with Crippen LogP contribution in [-0.4, -0.2) is 47.0 Å². The summed E-state index contributed by atoms with van der Waals surface area (Å²) in [4.78, 5) is 24.3. The maximum absolute atomic E-state index is 11.8. The highest BCUT2D eigenvalue weighted by Crippen LogP contribution is 2.21. The Hall–Kier alpha value is -0.710. The number of aliphatic carboxylic acids is 1. The zero-order valence-electron chi connectivity index (χ0n) is 10.4. The highest BCUT2D eigenvalue weighted by atomic mass is 32.2. The number of hydrogen-bond acceptors (Lipinski definition) is 3. The van der Waals surface area contributed by atoms with Crippen molar-refractivity contribution in [2.75, 3.05) is 25.1 Å². The molecule has 17 heavy (non-hydrogen) atoms. The fourth-order valence-electron chi connectivity index (χ4n) is 2.16. The van der Waals surface area contributed by atoms with Gasteiger partial charge in [-0.05, 0) is 37.2 Å². The van der Waals surface area contributed by atoms with Gasteiger partial charge in [-0.15, -0.1) is 0 Å². The third-order valence-corrected chi connectivity index (χ3v) is 3.87. The normalized spacial score (nSPS) is 17.1. The number of piperidine rings is 1. The number of likely N-dealkylation sites (tertiary alicyclic amines) is 1. The molecule has 1 fully saturated rings. The van der Waals surface area contributed by atoms with Crippen LogP contribution in [0, 0.1) is 5.92 Å². The van der Waals surface area contributed by atoms with Crippen molar-refractivity contribution in [2.24, 2.45) is 5.92 Å². The van der Waals surface area contributed by atoms with Crippen molar-refractivity contribution in [2.45, 2.75) is 32.1 Å². The molecule has 1 N–H and O–H groups in total. The lowest BCUT2D eigenvalue weighted by Gasteiger charge is -2.31. The van der Waals surface area contributed by atoms with Crippen molar-refractivity contribution in [3.05, 3.63) is 0 Å². The minimum Gasteiger partial charge on any atom is -0.481 e. The zero-order valence-corrected chi connectivity index (χ0v) is 11.2. The number of nitrogens with zero attached hydrogens (tertiary/aromatic N) is 1. The van der Waals surface area contributed by atoms with Crippen LogP contribution in [0.5, 0.6) is 0 Å². The smallest absolute Gasteiger partial charge is 0.303 e. The van der Waals surface area contributed by atoms with Crippen molar-refractivity contribution < 1.29 is 14.7 Å². The van der Waals surface area contributed by atoms with Crippen LogP contribution in [0.25, 0.3) is 0 Å². The van der Waals surface area contributed by atoms with Crippen LogP contribution in [0.4, 0.5) is 0 Å².